The zero-order chi connectivity index (χ0) is 7.78. The highest BCUT2D eigenvalue weighted by molar-refractivity contribution is 6.28. The molecule has 0 aliphatic rings. The van der Waals surface area contributed by atoms with E-state index >= 15 is 0 Å². The summed E-state index contributed by atoms with van der Waals surface area (Å²) in [7, 11) is 0. The van der Waals surface area contributed by atoms with Crippen LogP contribution in [0.15, 0.2) is 6.33 Å². The smallest absolute Gasteiger partial charge is 0.225 e. The highest BCUT2D eigenvalue weighted by Crippen LogP contribution is 2.17. The Bertz CT molecular complexity index is 223. The Labute approximate surface area is 65.0 Å². The lowest BCUT2D eigenvalue weighted by atomic mass is 10.1. The summed E-state index contributed by atoms with van der Waals surface area (Å²) in [6.45, 7) is 6.13. The Morgan fingerprint density at radius 1 is 1.50 bits per heavy atom. The number of halogens is 1. The standard InChI is InChI=1S/C6H10ClN3/c1-6(2,3)10-4-8-9-5(10)7/h4H,1-3H3. The van der Waals surface area contributed by atoms with Gasteiger partial charge in [-0.15, -0.1) is 10.2 Å². The van der Waals surface area contributed by atoms with Crippen molar-refractivity contribution in [2.75, 3.05) is 0 Å². The van der Waals surface area contributed by atoms with Crippen LogP contribution in [0, 0.1) is 0 Å². The zero-order valence-corrected chi connectivity index (χ0v) is 7.05. The van der Waals surface area contributed by atoms with E-state index in [1.54, 1.807) is 6.33 Å². The minimum Gasteiger partial charge on any atom is -0.299 e. The summed E-state index contributed by atoms with van der Waals surface area (Å²) in [5.41, 5.74) is -0.0272. The van der Waals surface area contributed by atoms with Gasteiger partial charge in [-0.2, -0.15) is 0 Å². The van der Waals surface area contributed by atoms with E-state index < -0.39 is 0 Å². The van der Waals surface area contributed by atoms with Crippen LogP contribution >= 0.6 is 11.6 Å². The first-order chi connectivity index (χ1) is 4.52. The second kappa shape index (κ2) is 2.23. The van der Waals surface area contributed by atoms with E-state index in [1.807, 2.05) is 25.3 Å². The van der Waals surface area contributed by atoms with Crippen molar-refractivity contribution in [1.29, 1.82) is 0 Å². The van der Waals surface area contributed by atoms with Gasteiger partial charge in [-0.25, -0.2) is 0 Å². The van der Waals surface area contributed by atoms with Gasteiger partial charge in [-0.3, -0.25) is 4.57 Å². The van der Waals surface area contributed by atoms with Gasteiger partial charge >= 0.3 is 0 Å². The Morgan fingerprint density at radius 2 is 2.10 bits per heavy atom. The maximum absolute atomic E-state index is 5.71. The van der Waals surface area contributed by atoms with Crippen LogP contribution in [0.4, 0.5) is 0 Å². The fraction of sp³-hybridized carbons (Fsp3) is 0.667. The molecule has 0 fully saturated rings. The predicted molar refractivity (Wildman–Crippen MR) is 40.0 cm³/mol. The number of nitrogens with zero attached hydrogens (tertiary/aromatic N) is 3. The summed E-state index contributed by atoms with van der Waals surface area (Å²) in [5, 5.41) is 7.77. The van der Waals surface area contributed by atoms with Crippen molar-refractivity contribution in [1.82, 2.24) is 14.8 Å². The van der Waals surface area contributed by atoms with E-state index in [2.05, 4.69) is 10.2 Å². The molecule has 1 aromatic heterocycles. The summed E-state index contributed by atoms with van der Waals surface area (Å²) < 4.78 is 1.81. The van der Waals surface area contributed by atoms with Gasteiger partial charge in [-0.05, 0) is 32.4 Å². The number of rotatable bonds is 0. The van der Waals surface area contributed by atoms with Crippen LogP contribution in [0.5, 0.6) is 0 Å². The second-order valence-electron chi connectivity index (χ2n) is 3.14. The van der Waals surface area contributed by atoms with E-state index in [-0.39, 0.29) is 5.54 Å². The molecule has 3 nitrogen and oxygen atoms in total. The topological polar surface area (TPSA) is 30.7 Å². The van der Waals surface area contributed by atoms with Crippen molar-refractivity contribution < 1.29 is 0 Å². The van der Waals surface area contributed by atoms with Gasteiger partial charge in [0.05, 0.1) is 0 Å². The largest absolute Gasteiger partial charge is 0.299 e. The van der Waals surface area contributed by atoms with Crippen LogP contribution in [0.25, 0.3) is 0 Å². The molecule has 0 aromatic carbocycles. The fourth-order valence-corrected chi connectivity index (χ4v) is 1.01. The summed E-state index contributed by atoms with van der Waals surface area (Å²) in [6.07, 6.45) is 1.63. The molecule has 0 saturated carbocycles. The monoisotopic (exact) mass is 159 g/mol. The van der Waals surface area contributed by atoms with Crippen molar-refractivity contribution in [3.05, 3.63) is 11.6 Å². The van der Waals surface area contributed by atoms with Crippen molar-refractivity contribution in [2.45, 2.75) is 26.3 Å². The highest BCUT2D eigenvalue weighted by Gasteiger charge is 2.15. The first-order valence-corrected chi connectivity index (χ1v) is 3.45. The SMILES string of the molecule is CC(C)(C)n1cnnc1Cl. The number of aromatic nitrogens is 3. The van der Waals surface area contributed by atoms with E-state index in [0.717, 1.165) is 0 Å². The van der Waals surface area contributed by atoms with E-state index in [0.29, 0.717) is 5.28 Å². The quantitative estimate of drug-likeness (QED) is 0.577. The summed E-state index contributed by atoms with van der Waals surface area (Å²) in [6, 6.07) is 0. The van der Waals surface area contributed by atoms with Crippen molar-refractivity contribution >= 4 is 11.6 Å². The Hall–Kier alpha value is -0.570. The molecule has 1 aromatic rings. The van der Waals surface area contributed by atoms with Gasteiger partial charge in [0.2, 0.25) is 5.28 Å². The van der Waals surface area contributed by atoms with Gasteiger partial charge < -0.3 is 0 Å². The van der Waals surface area contributed by atoms with Crippen LogP contribution in [-0.4, -0.2) is 14.8 Å². The minimum absolute atomic E-state index is 0.0272. The molecule has 0 atom stereocenters. The average Bonchev–Trinajstić information content (AvgIpc) is 2.11. The second-order valence-corrected chi connectivity index (χ2v) is 3.48. The Morgan fingerprint density at radius 3 is 2.30 bits per heavy atom. The first-order valence-electron chi connectivity index (χ1n) is 3.08. The molecular formula is C6H10ClN3. The van der Waals surface area contributed by atoms with Gasteiger partial charge in [0.1, 0.15) is 6.33 Å². The van der Waals surface area contributed by atoms with Crippen LogP contribution < -0.4 is 0 Å². The van der Waals surface area contributed by atoms with Crippen LogP contribution in [0.1, 0.15) is 20.8 Å². The molecule has 0 saturated heterocycles. The van der Waals surface area contributed by atoms with Crippen LogP contribution in [0.2, 0.25) is 5.28 Å². The molecule has 0 spiro atoms. The minimum atomic E-state index is -0.0272. The zero-order valence-electron chi connectivity index (χ0n) is 6.30. The third-order valence-electron chi connectivity index (χ3n) is 1.23. The Balaban J connectivity index is 3.05. The van der Waals surface area contributed by atoms with Crippen molar-refractivity contribution in [2.24, 2.45) is 0 Å². The van der Waals surface area contributed by atoms with E-state index in [1.165, 1.54) is 0 Å². The molecule has 0 radical (unpaired) electrons. The Kier molecular flexibility index (Phi) is 1.68. The van der Waals surface area contributed by atoms with Gasteiger partial charge in [0.25, 0.3) is 0 Å². The molecule has 1 heterocycles. The van der Waals surface area contributed by atoms with Gasteiger partial charge in [0, 0.05) is 5.54 Å². The molecule has 10 heavy (non-hydrogen) atoms. The lowest BCUT2D eigenvalue weighted by Gasteiger charge is -2.19. The number of hydrogen-bond acceptors (Lipinski definition) is 2. The van der Waals surface area contributed by atoms with Gasteiger partial charge in [0.15, 0.2) is 0 Å². The average molecular weight is 160 g/mol. The third kappa shape index (κ3) is 1.29. The lowest BCUT2D eigenvalue weighted by Crippen LogP contribution is -2.20. The maximum atomic E-state index is 5.71. The lowest BCUT2D eigenvalue weighted by molar-refractivity contribution is 0.396. The molecule has 56 valence electrons. The van der Waals surface area contributed by atoms with Crippen molar-refractivity contribution in [3.63, 3.8) is 0 Å². The van der Waals surface area contributed by atoms with E-state index in [9.17, 15) is 0 Å². The molecule has 0 N–H and O–H groups in total. The van der Waals surface area contributed by atoms with Crippen LogP contribution in [-0.2, 0) is 5.54 Å². The predicted octanol–water partition coefficient (Wildman–Crippen LogP) is 1.69. The molecule has 0 unspecified atom stereocenters. The number of hydrogen-bond donors (Lipinski definition) is 0. The molecule has 0 amide bonds. The van der Waals surface area contributed by atoms with Gasteiger partial charge in [-0.1, -0.05) is 0 Å². The molecule has 0 aliphatic carbocycles. The molecule has 0 bridgehead atoms. The molecule has 4 heteroatoms. The maximum Gasteiger partial charge on any atom is 0.225 e. The van der Waals surface area contributed by atoms with E-state index in [4.69, 9.17) is 11.6 Å². The normalized spacial score (nSPS) is 12.0. The summed E-state index contributed by atoms with van der Waals surface area (Å²) in [5.74, 6) is 0. The summed E-state index contributed by atoms with van der Waals surface area (Å²) >= 11 is 5.71. The van der Waals surface area contributed by atoms with Crippen LogP contribution in [0.3, 0.4) is 0 Å². The first kappa shape index (κ1) is 7.54. The molecular weight excluding hydrogens is 150 g/mol. The molecule has 1 rings (SSSR count). The summed E-state index contributed by atoms with van der Waals surface area (Å²) in [4.78, 5) is 0. The highest BCUT2D eigenvalue weighted by atomic mass is 35.5. The van der Waals surface area contributed by atoms with Crippen molar-refractivity contribution in [3.8, 4) is 0 Å². The third-order valence-corrected chi connectivity index (χ3v) is 1.49. The molecule has 0 aliphatic heterocycles. The fourth-order valence-electron chi connectivity index (χ4n) is 0.671.